The zero-order valence-electron chi connectivity index (χ0n) is 10.0. The zero-order valence-corrected chi connectivity index (χ0v) is 12.5. The molecule has 6 N–H and O–H groups in total. The van der Waals surface area contributed by atoms with Gasteiger partial charge in [0, 0.05) is 7.05 Å². The van der Waals surface area contributed by atoms with E-state index >= 15 is 0 Å². The second kappa shape index (κ2) is 7.17. The molecule has 0 radical (unpaired) electrons. The van der Waals surface area contributed by atoms with Crippen LogP contribution in [0.25, 0.3) is 0 Å². The fraction of sp³-hybridized carbons (Fsp3) is 0.857. The maximum Gasteiger partial charge on any atom is 0.232 e. The summed E-state index contributed by atoms with van der Waals surface area (Å²) in [7, 11) is 1.89. The number of amides is 1. The van der Waals surface area contributed by atoms with Crippen molar-refractivity contribution < 1.29 is 4.79 Å². The lowest BCUT2D eigenvalue weighted by Gasteiger charge is -2.16. The molecule has 2 fully saturated rings. The van der Waals surface area contributed by atoms with E-state index in [0.29, 0.717) is 5.75 Å². The van der Waals surface area contributed by atoms with E-state index in [1.54, 1.807) is 23.5 Å². The molecule has 0 bridgehead atoms. The van der Waals surface area contributed by atoms with Crippen molar-refractivity contribution in [3.8, 4) is 0 Å². The molecule has 2 aliphatic rings. The van der Waals surface area contributed by atoms with Crippen molar-refractivity contribution in [2.45, 2.75) is 15.7 Å². The third kappa shape index (κ3) is 4.15. The predicted octanol–water partition coefficient (Wildman–Crippen LogP) is -1.65. The van der Waals surface area contributed by atoms with Crippen molar-refractivity contribution >= 4 is 41.2 Å². The maximum absolute atomic E-state index is 11.8. The highest BCUT2D eigenvalue weighted by atomic mass is 32.2. The topological polar surface area (TPSA) is 92.5 Å². The number of hydrazine groups is 4. The summed E-state index contributed by atoms with van der Waals surface area (Å²) in [5, 5.41) is 4.76. The summed E-state index contributed by atoms with van der Waals surface area (Å²) in [6, 6.07) is 0. The van der Waals surface area contributed by atoms with Crippen LogP contribution in [0, 0.1) is 0 Å². The molecule has 2 heterocycles. The van der Waals surface area contributed by atoms with E-state index in [1.807, 2.05) is 18.3 Å². The third-order valence-electron chi connectivity index (χ3n) is 2.25. The molecule has 0 spiro atoms. The summed E-state index contributed by atoms with van der Waals surface area (Å²) in [5.41, 5.74) is 14.7. The van der Waals surface area contributed by atoms with Gasteiger partial charge in [0.05, 0.1) is 5.75 Å². The Balaban J connectivity index is 1.63. The minimum Gasteiger partial charge on any atom is -0.330 e. The summed E-state index contributed by atoms with van der Waals surface area (Å²) in [6.45, 7) is 0. The molecule has 0 saturated carbocycles. The maximum atomic E-state index is 11.8. The number of nitrogens with zero attached hydrogens (tertiary/aromatic N) is 1. The minimum absolute atomic E-state index is 0.00986. The second-order valence-electron chi connectivity index (χ2n) is 3.60. The van der Waals surface area contributed by atoms with E-state index in [1.165, 1.54) is 11.8 Å². The molecule has 2 rings (SSSR count). The first kappa shape index (κ1) is 14.7. The number of nitrogens with one attached hydrogen (secondary N) is 6. The Bertz CT molecular complexity index is 296. The van der Waals surface area contributed by atoms with Crippen LogP contribution >= 0.6 is 35.3 Å². The Morgan fingerprint density at radius 2 is 2.28 bits per heavy atom. The molecule has 8 nitrogen and oxygen atoms in total. The van der Waals surface area contributed by atoms with E-state index < -0.39 is 0 Å². The van der Waals surface area contributed by atoms with Gasteiger partial charge in [0.15, 0.2) is 0 Å². The van der Waals surface area contributed by atoms with Gasteiger partial charge in [0.25, 0.3) is 0 Å². The van der Waals surface area contributed by atoms with Gasteiger partial charge in [0.2, 0.25) is 5.91 Å². The number of carbonyl (C=O) groups is 1. The second-order valence-corrected chi connectivity index (χ2v) is 7.12. The van der Waals surface area contributed by atoms with Crippen molar-refractivity contribution in [3.63, 3.8) is 0 Å². The van der Waals surface area contributed by atoms with E-state index in [9.17, 15) is 4.79 Å². The minimum atomic E-state index is -0.0685. The molecule has 0 aromatic carbocycles. The number of carbonyl (C=O) groups excluding carboxylic acids is 1. The molecule has 0 aliphatic carbocycles. The first-order valence-corrected chi connectivity index (χ1v) is 8.56. The van der Waals surface area contributed by atoms with Gasteiger partial charge < -0.3 is 5.32 Å². The largest absolute Gasteiger partial charge is 0.330 e. The molecule has 0 aromatic rings. The highest BCUT2D eigenvalue weighted by molar-refractivity contribution is 8.17. The zero-order chi connectivity index (χ0) is 13.0. The summed E-state index contributed by atoms with van der Waals surface area (Å²) in [6.07, 6.45) is 2.02. The highest BCUT2D eigenvalue weighted by Gasteiger charge is 2.26. The normalized spacial score (nSPS) is 32.9. The summed E-state index contributed by atoms with van der Waals surface area (Å²) >= 11 is 4.85. The van der Waals surface area contributed by atoms with Crippen molar-refractivity contribution in [3.05, 3.63) is 0 Å². The Morgan fingerprint density at radius 3 is 2.89 bits per heavy atom. The quantitative estimate of drug-likeness (QED) is 0.355. The van der Waals surface area contributed by atoms with Crippen LogP contribution in [0.1, 0.15) is 0 Å². The standard InChI is InChI=1S/C7H17N7OS3/c1-14-6(10-12-13-14)17-3-4(15)8-5-9-11-7(16-2)18-5/h5-7,9-13H,3H2,1-2H3,(H,8,15). The van der Waals surface area contributed by atoms with Crippen LogP contribution < -0.4 is 32.7 Å². The van der Waals surface area contributed by atoms with Crippen LogP contribution in [0.15, 0.2) is 0 Å². The van der Waals surface area contributed by atoms with Gasteiger partial charge in [-0.3, -0.25) is 4.79 Å². The molecule has 0 aromatic heterocycles. The van der Waals surface area contributed by atoms with Gasteiger partial charge in [-0.1, -0.05) is 11.8 Å². The Kier molecular flexibility index (Phi) is 5.85. The van der Waals surface area contributed by atoms with Crippen molar-refractivity contribution in [2.75, 3.05) is 19.1 Å². The average Bonchev–Trinajstić information content (AvgIpc) is 2.96. The van der Waals surface area contributed by atoms with Crippen LogP contribution in [0.2, 0.25) is 0 Å². The molecule has 1 amide bonds. The molecule has 3 atom stereocenters. The number of hydrogen-bond donors (Lipinski definition) is 6. The van der Waals surface area contributed by atoms with Crippen molar-refractivity contribution in [1.82, 2.24) is 37.7 Å². The lowest BCUT2D eigenvalue weighted by Crippen LogP contribution is -2.44. The Labute approximate surface area is 118 Å². The van der Waals surface area contributed by atoms with E-state index in [-0.39, 0.29) is 21.6 Å². The van der Waals surface area contributed by atoms with Crippen LogP contribution in [0.5, 0.6) is 0 Å². The fourth-order valence-electron chi connectivity index (χ4n) is 1.35. The number of hydrogen-bond acceptors (Lipinski definition) is 10. The van der Waals surface area contributed by atoms with Crippen molar-refractivity contribution in [2.24, 2.45) is 0 Å². The van der Waals surface area contributed by atoms with Gasteiger partial charge in [0.1, 0.15) is 15.7 Å². The van der Waals surface area contributed by atoms with Gasteiger partial charge in [-0.2, -0.15) is 11.1 Å². The molecule has 2 aliphatic heterocycles. The molecule has 104 valence electrons. The molecule has 18 heavy (non-hydrogen) atoms. The predicted molar refractivity (Wildman–Crippen MR) is 76.5 cm³/mol. The van der Waals surface area contributed by atoms with Crippen LogP contribution in [0.3, 0.4) is 0 Å². The summed E-state index contributed by atoms with van der Waals surface area (Å²) < 4.78 is 0.277. The fourth-order valence-corrected chi connectivity index (χ4v) is 3.85. The van der Waals surface area contributed by atoms with Gasteiger partial charge in [-0.25, -0.2) is 21.3 Å². The Morgan fingerprint density at radius 1 is 1.44 bits per heavy atom. The van der Waals surface area contributed by atoms with Crippen molar-refractivity contribution in [1.29, 1.82) is 0 Å². The molecular formula is C7H17N7OS3. The SMILES string of the molecule is CSC1NNC(NC(=O)CSC2NNNN2C)S1. The van der Waals surface area contributed by atoms with E-state index in [0.717, 1.165) is 0 Å². The van der Waals surface area contributed by atoms with Crippen LogP contribution in [0.4, 0.5) is 0 Å². The van der Waals surface area contributed by atoms with E-state index in [4.69, 9.17) is 0 Å². The van der Waals surface area contributed by atoms with E-state index in [2.05, 4.69) is 32.7 Å². The first-order valence-electron chi connectivity index (χ1n) is 5.28. The molecular weight excluding hydrogens is 294 g/mol. The van der Waals surface area contributed by atoms with Gasteiger partial charge in [-0.15, -0.1) is 23.5 Å². The monoisotopic (exact) mass is 311 g/mol. The summed E-state index contributed by atoms with van der Waals surface area (Å²) in [4.78, 5) is 11.8. The van der Waals surface area contributed by atoms with Crippen LogP contribution in [-0.2, 0) is 4.79 Å². The molecule has 3 unspecified atom stereocenters. The van der Waals surface area contributed by atoms with Crippen LogP contribution in [-0.4, -0.2) is 45.7 Å². The first-order chi connectivity index (χ1) is 8.69. The Hall–Kier alpha value is 0.280. The third-order valence-corrected chi connectivity index (χ3v) is 5.76. The average molecular weight is 311 g/mol. The molecule has 2 saturated heterocycles. The number of rotatable bonds is 5. The van der Waals surface area contributed by atoms with Gasteiger partial charge >= 0.3 is 0 Å². The summed E-state index contributed by atoms with van der Waals surface area (Å²) in [5.74, 6) is 0.407. The smallest absolute Gasteiger partial charge is 0.232 e. The molecule has 11 heteroatoms. The highest BCUT2D eigenvalue weighted by Crippen LogP contribution is 2.24. The lowest BCUT2D eigenvalue weighted by molar-refractivity contribution is -0.118. The van der Waals surface area contributed by atoms with Gasteiger partial charge in [-0.05, 0) is 6.26 Å². The number of thioether (sulfide) groups is 3. The lowest BCUT2D eigenvalue weighted by atomic mass is 10.7.